The number of nitrogens with one attached hydrogen (secondary N) is 1. The Labute approximate surface area is 100 Å². The van der Waals surface area contributed by atoms with Gasteiger partial charge in [0.05, 0.1) is 5.71 Å². The van der Waals surface area contributed by atoms with E-state index in [1.165, 1.54) is 0 Å². The van der Waals surface area contributed by atoms with E-state index in [2.05, 4.69) is 5.10 Å². The second kappa shape index (κ2) is 5.07. The Balaban J connectivity index is 2.37. The number of rotatable bonds is 3. The van der Waals surface area contributed by atoms with Crippen LogP contribution in [0.25, 0.3) is 0 Å². The van der Waals surface area contributed by atoms with E-state index in [0.717, 1.165) is 11.1 Å². The molecule has 0 atom stereocenters. The van der Waals surface area contributed by atoms with Crippen molar-refractivity contribution >= 4 is 11.4 Å². The normalized spacial score (nSPS) is 11.2. The average Bonchev–Trinajstić information content (AvgIpc) is 2.42. The quantitative estimate of drug-likeness (QED) is 0.468. The number of benzene rings is 2. The predicted molar refractivity (Wildman–Crippen MR) is 70.4 cm³/mol. The molecule has 17 heavy (non-hydrogen) atoms. The molecule has 0 aliphatic heterocycles. The molecule has 0 fully saturated rings. The van der Waals surface area contributed by atoms with E-state index in [1.807, 2.05) is 60.7 Å². The Kier molecular flexibility index (Phi) is 3.31. The standard InChI is InChI=1S/C14H13N3/c15-13(11-7-3-1-4-8-11)14(17-16)12-9-5-2-6-10-12/h1-10,15H,16H2. The number of nitrogens with zero attached hydrogens (tertiary/aromatic N) is 1. The van der Waals surface area contributed by atoms with Crippen LogP contribution in [0.2, 0.25) is 0 Å². The summed E-state index contributed by atoms with van der Waals surface area (Å²) in [5, 5.41) is 11.8. The lowest BCUT2D eigenvalue weighted by molar-refractivity contribution is 1.25. The van der Waals surface area contributed by atoms with Crippen LogP contribution < -0.4 is 5.84 Å². The predicted octanol–water partition coefficient (Wildman–Crippen LogP) is 2.42. The Hall–Kier alpha value is -2.42. The van der Waals surface area contributed by atoms with E-state index in [0.29, 0.717) is 11.4 Å². The van der Waals surface area contributed by atoms with Gasteiger partial charge in [-0.15, -0.1) is 0 Å². The number of hydrazone groups is 1. The fraction of sp³-hybridized carbons (Fsp3) is 0. The minimum absolute atomic E-state index is 0.333. The molecule has 0 saturated heterocycles. The van der Waals surface area contributed by atoms with Crippen molar-refractivity contribution < 1.29 is 0 Å². The number of hydrogen-bond donors (Lipinski definition) is 2. The van der Waals surface area contributed by atoms with Crippen LogP contribution in [0, 0.1) is 5.41 Å². The smallest absolute Gasteiger partial charge is 0.115 e. The number of nitrogens with two attached hydrogens (primary N) is 1. The fourth-order valence-electron chi connectivity index (χ4n) is 1.62. The Morgan fingerprint density at radius 2 is 1.29 bits per heavy atom. The Morgan fingerprint density at radius 1 is 0.824 bits per heavy atom. The molecule has 0 spiro atoms. The van der Waals surface area contributed by atoms with Gasteiger partial charge in [-0.1, -0.05) is 60.7 Å². The van der Waals surface area contributed by atoms with Gasteiger partial charge in [0.25, 0.3) is 0 Å². The first-order valence-electron chi connectivity index (χ1n) is 5.30. The molecule has 0 aliphatic rings. The van der Waals surface area contributed by atoms with E-state index >= 15 is 0 Å². The number of hydrogen-bond acceptors (Lipinski definition) is 3. The molecular formula is C14H13N3. The molecule has 0 saturated carbocycles. The lowest BCUT2D eigenvalue weighted by Gasteiger charge is -2.07. The van der Waals surface area contributed by atoms with Gasteiger partial charge in [0.1, 0.15) is 5.71 Å². The monoisotopic (exact) mass is 223 g/mol. The van der Waals surface area contributed by atoms with Crippen LogP contribution >= 0.6 is 0 Å². The van der Waals surface area contributed by atoms with E-state index in [9.17, 15) is 0 Å². The molecule has 84 valence electrons. The first-order chi connectivity index (χ1) is 8.33. The van der Waals surface area contributed by atoms with Crippen LogP contribution in [0.4, 0.5) is 0 Å². The molecule has 0 aromatic heterocycles. The summed E-state index contributed by atoms with van der Waals surface area (Å²) in [7, 11) is 0. The maximum absolute atomic E-state index is 8.11. The summed E-state index contributed by atoms with van der Waals surface area (Å²) in [4.78, 5) is 0. The molecule has 3 N–H and O–H groups in total. The van der Waals surface area contributed by atoms with Crippen LogP contribution in [0.1, 0.15) is 11.1 Å². The molecule has 2 rings (SSSR count). The molecule has 3 nitrogen and oxygen atoms in total. The summed E-state index contributed by atoms with van der Waals surface area (Å²) in [6.07, 6.45) is 0. The summed E-state index contributed by atoms with van der Waals surface area (Å²) >= 11 is 0. The van der Waals surface area contributed by atoms with E-state index in [-0.39, 0.29) is 0 Å². The minimum atomic E-state index is 0.333. The second-order valence-corrected chi connectivity index (χ2v) is 3.58. The van der Waals surface area contributed by atoms with Crippen molar-refractivity contribution in [2.45, 2.75) is 0 Å². The van der Waals surface area contributed by atoms with Crippen molar-refractivity contribution in [3.8, 4) is 0 Å². The zero-order chi connectivity index (χ0) is 12.1. The Bertz CT molecular complexity index is 530. The zero-order valence-corrected chi connectivity index (χ0v) is 9.30. The van der Waals surface area contributed by atoms with Gasteiger partial charge in [-0.2, -0.15) is 5.10 Å². The van der Waals surface area contributed by atoms with Gasteiger partial charge in [-0.3, -0.25) is 5.41 Å². The molecule has 0 unspecified atom stereocenters. The highest BCUT2D eigenvalue weighted by molar-refractivity contribution is 6.52. The highest BCUT2D eigenvalue weighted by Crippen LogP contribution is 2.08. The second-order valence-electron chi connectivity index (χ2n) is 3.58. The van der Waals surface area contributed by atoms with Gasteiger partial charge in [-0.05, 0) is 0 Å². The van der Waals surface area contributed by atoms with Gasteiger partial charge in [0.2, 0.25) is 0 Å². The van der Waals surface area contributed by atoms with E-state index < -0.39 is 0 Å². The van der Waals surface area contributed by atoms with Crippen LogP contribution in [0.5, 0.6) is 0 Å². The summed E-state index contributed by atoms with van der Waals surface area (Å²) in [6.45, 7) is 0. The molecular weight excluding hydrogens is 210 g/mol. The van der Waals surface area contributed by atoms with Crippen molar-refractivity contribution in [3.63, 3.8) is 0 Å². The highest BCUT2D eigenvalue weighted by atomic mass is 15.1. The van der Waals surface area contributed by atoms with Crippen molar-refractivity contribution in [2.24, 2.45) is 10.9 Å². The summed E-state index contributed by atoms with van der Waals surface area (Å²) in [5.74, 6) is 5.39. The molecule has 2 aromatic rings. The van der Waals surface area contributed by atoms with Gasteiger partial charge in [-0.25, -0.2) is 0 Å². The first-order valence-corrected chi connectivity index (χ1v) is 5.30. The summed E-state index contributed by atoms with van der Waals surface area (Å²) < 4.78 is 0. The largest absolute Gasteiger partial charge is 0.323 e. The van der Waals surface area contributed by atoms with Gasteiger partial charge < -0.3 is 5.84 Å². The van der Waals surface area contributed by atoms with Gasteiger partial charge >= 0.3 is 0 Å². The summed E-state index contributed by atoms with van der Waals surface area (Å²) in [6, 6.07) is 18.9. The van der Waals surface area contributed by atoms with Crippen LogP contribution in [-0.2, 0) is 0 Å². The van der Waals surface area contributed by atoms with Crippen molar-refractivity contribution in [2.75, 3.05) is 0 Å². The summed E-state index contributed by atoms with van der Waals surface area (Å²) in [5.41, 5.74) is 2.49. The van der Waals surface area contributed by atoms with Gasteiger partial charge in [0, 0.05) is 11.1 Å². The van der Waals surface area contributed by atoms with E-state index in [4.69, 9.17) is 11.3 Å². The molecule has 0 heterocycles. The highest BCUT2D eigenvalue weighted by Gasteiger charge is 2.11. The molecule has 3 heteroatoms. The van der Waals surface area contributed by atoms with Crippen LogP contribution in [0.15, 0.2) is 65.8 Å². The molecule has 2 aromatic carbocycles. The van der Waals surface area contributed by atoms with Crippen LogP contribution in [0.3, 0.4) is 0 Å². The molecule has 0 radical (unpaired) electrons. The first kappa shape index (κ1) is 11.1. The van der Waals surface area contributed by atoms with Crippen LogP contribution in [-0.4, -0.2) is 11.4 Å². The lowest BCUT2D eigenvalue weighted by Crippen LogP contribution is -2.17. The maximum atomic E-state index is 8.11. The third-order valence-electron chi connectivity index (χ3n) is 2.48. The molecule has 0 amide bonds. The van der Waals surface area contributed by atoms with Gasteiger partial charge in [0.15, 0.2) is 0 Å². The van der Waals surface area contributed by atoms with Crippen molar-refractivity contribution in [1.29, 1.82) is 5.41 Å². The molecule has 0 aliphatic carbocycles. The fourth-order valence-corrected chi connectivity index (χ4v) is 1.62. The topological polar surface area (TPSA) is 62.2 Å². The Morgan fingerprint density at radius 3 is 1.76 bits per heavy atom. The van der Waals surface area contributed by atoms with E-state index in [1.54, 1.807) is 0 Å². The molecule has 0 bridgehead atoms. The lowest BCUT2D eigenvalue weighted by atomic mass is 10.0. The zero-order valence-electron chi connectivity index (χ0n) is 9.30. The SMILES string of the molecule is N=C(C(=NN)c1ccccc1)c1ccccc1. The third kappa shape index (κ3) is 2.39. The minimum Gasteiger partial charge on any atom is -0.323 e. The third-order valence-corrected chi connectivity index (χ3v) is 2.48. The van der Waals surface area contributed by atoms with Crippen molar-refractivity contribution in [1.82, 2.24) is 0 Å². The maximum Gasteiger partial charge on any atom is 0.115 e. The average molecular weight is 223 g/mol. The van der Waals surface area contributed by atoms with Crippen molar-refractivity contribution in [3.05, 3.63) is 71.8 Å².